The van der Waals surface area contributed by atoms with Gasteiger partial charge in [-0.05, 0) is 54.4 Å². The maximum absolute atomic E-state index is 10.6. The monoisotopic (exact) mass is 456 g/mol. The molecule has 0 aliphatic rings. The molecule has 0 fully saturated rings. The number of rotatable bonds is 8. The third kappa shape index (κ3) is 75.1. The summed E-state index contributed by atoms with van der Waals surface area (Å²) in [5, 5.41) is 16.1. The van der Waals surface area contributed by atoms with Gasteiger partial charge < -0.3 is 19.7 Å². The first-order chi connectivity index (χ1) is 12.8. The van der Waals surface area contributed by atoms with Gasteiger partial charge in [-0.3, -0.25) is 19.2 Å². The predicted molar refractivity (Wildman–Crippen MR) is 108 cm³/mol. The molecule has 0 aliphatic carbocycles. The molecule has 172 valence electrons. The van der Waals surface area contributed by atoms with Gasteiger partial charge in [0.1, 0.15) is 24.4 Å². The average molecular weight is 456 g/mol. The van der Waals surface area contributed by atoms with E-state index in [-0.39, 0.29) is 58.3 Å². The molecule has 0 spiro atoms. The summed E-state index contributed by atoms with van der Waals surface area (Å²) in [6.45, 7) is 14.3. The molecule has 0 atom stereocenters. The average Bonchev–Trinajstić information content (AvgIpc) is 2.49. The summed E-state index contributed by atoms with van der Waals surface area (Å²) in [6, 6.07) is 0. The van der Waals surface area contributed by atoms with Crippen LogP contribution in [0, 0.1) is 0 Å². The molecule has 0 aromatic carbocycles. The van der Waals surface area contributed by atoms with Crippen LogP contribution >= 0.6 is 0 Å². The van der Waals surface area contributed by atoms with E-state index < -0.39 is 11.9 Å². The Hall–Kier alpha value is -1.09. The summed E-state index contributed by atoms with van der Waals surface area (Å²) in [5.74, 6) is -1.15. The van der Waals surface area contributed by atoms with E-state index in [0.29, 0.717) is 13.2 Å². The van der Waals surface area contributed by atoms with Crippen LogP contribution < -0.4 is 0 Å². The third-order valence-corrected chi connectivity index (χ3v) is 1.72. The first kappa shape index (κ1) is 38.5. The number of aliphatic hydroxyl groups is 2. The second-order valence-corrected chi connectivity index (χ2v) is 6.39. The van der Waals surface area contributed by atoms with Gasteiger partial charge in [0.2, 0.25) is 0 Å². The Morgan fingerprint density at radius 1 is 0.690 bits per heavy atom. The van der Waals surface area contributed by atoms with Gasteiger partial charge in [0.05, 0.1) is 13.2 Å². The fourth-order valence-electron chi connectivity index (χ4n) is 0.940. The van der Waals surface area contributed by atoms with Crippen LogP contribution in [0.4, 0.5) is 0 Å². The zero-order valence-electron chi connectivity index (χ0n) is 19.2. The molecule has 0 aromatic rings. The fourth-order valence-corrected chi connectivity index (χ4v) is 0.940. The topological polar surface area (TPSA) is 127 Å². The molecule has 0 saturated heterocycles. The molecular formula is C20H40O8Ti. The Labute approximate surface area is 190 Å². The maximum Gasteiger partial charge on any atom is 0.313 e. The van der Waals surface area contributed by atoms with Gasteiger partial charge in [-0.1, -0.05) is 13.8 Å². The van der Waals surface area contributed by atoms with Crippen molar-refractivity contribution in [1.82, 2.24) is 0 Å². The van der Waals surface area contributed by atoms with Gasteiger partial charge in [0.25, 0.3) is 0 Å². The SMILES string of the molecule is CC(C)O.CC(C)O.CCCOC(=O)CC(C)=O.CCCOC(=O)CC(C)=O.[Ti]. The molecule has 0 radical (unpaired) electrons. The summed E-state index contributed by atoms with van der Waals surface area (Å²) >= 11 is 0. The zero-order chi connectivity index (χ0) is 23.1. The molecule has 29 heavy (non-hydrogen) atoms. The van der Waals surface area contributed by atoms with Crippen molar-refractivity contribution in [2.45, 2.75) is 93.3 Å². The molecule has 0 saturated carbocycles. The molecule has 0 heterocycles. The largest absolute Gasteiger partial charge is 0.465 e. The maximum atomic E-state index is 10.6. The number of esters is 2. The number of ketones is 2. The molecule has 0 amide bonds. The summed E-state index contributed by atoms with van der Waals surface area (Å²) in [5.41, 5.74) is 0. The zero-order valence-corrected chi connectivity index (χ0v) is 20.8. The van der Waals surface area contributed by atoms with Crippen LogP contribution in [0.1, 0.15) is 81.1 Å². The number of ether oxygens (including phenoxy) is 2. The van der Waals surface area contributed by atoms with Crippen molar-refractivity contribution >= 4 is 23.5 Å². The smallest absolute Gasteiger partial charge is 0.313 e. The van der Waals surface area contributed by atoms with Gasteiger partial charge >= 0.3 is 11.9 Å². The van der Waals surface area contributed by atoms with E-state index in [9.17, 15) is 19.2 Å². The Bertz CT molecular complexity index is 366. The van der Waals surface area contributed by atoms with Gasteiger partial charge in [0.15, 0.2) is 0 Å². The molecule has 0 bridgehead atoms. The number of carbonyl (C=O) groups excluding carboxylic acids is 4. The molecule has 2 N–H and O–H groups in total. The molecule has 0 rings (SSSR count). The van der Waals surface area contributed by atoms with Crippen molar-refractivity contribution in [3.8, 4) is 0 Å². The normalized spacial score (nSPS) is 8.69. The van der Waals surface area contributed by atoms with Gasteiger partial charge in [0, 0.05) is 33.9 Å². The Morgan fingerprint density at radius 3 is 1.03 bits per heavy atom. The Balaban J connectivity index is -0.0000000950. The molecule has 0 aromatic heterocycles. The van der Waals surface area contributed by atoms with Crippen LogP contribution in [0.3, 0.4) is 0 Å². The van der Waals surface area contributed by atoms with Gasteiger partial charge in [-0.15, -0.1) is 0 Å². The number of aliphatic hydroxyl groups excluding tert-OH is 2. The van der Waals surface area contributed by atoms with Crippen LogP contribution in [0.5, 0.6) is 0 Å². The van der Waals surface area contributed by atoms with Crippen molar-refractivity contribution in [1.29, 1.82) is 0 Å². The van der Waals surface area contributed by atoms with Crippen molar-refractivity contribution in [3.05, 3.63) is 0 Å². The summed E-state index contributed by atoms with van der Waals surface area (Å²) < 4.78 is 9.28. The van der Waals surface area contributed by atoms with Crippen molar-refractivity contribution in [3.63, 3.8) is 0 Å². The standard InChI is InChI=1S/2C7H12O3.2C3H8O.Ti/c2*1-3-4-10-7(9)5-6(2)8;2*1-3(2)4;/h2*3-5H2,1-2H3;2*3-4H,1-2H3;. The Kier molecular flexibility index (Phi) is 38.7. The van der Waals surface area contributed by atoms with Crippen LogP contribution in [-0.4, -0.2) is 59.1 Å². The number of carbonyl (C=O) groups is 4. The molecule has 0 unspecified atom stereocenters. The first-order valence-electron chi connectivity index (χ1n) is 9.46. The van der Waals surface area contributed by atoms with E-state index in [1.165, 1.54) is 13.8 Å². The van der Waals surface area contributed by atoms with Crippen molar-refractivity contribution < 1.29 is 60.6 Å². The van der Waals surface area contributed by atoms with E-state index in [0.717, 1.165) is 12.8 Å². The molecule has 9 heteroatoms. The van der Waals surface area contributed by atoms with Crippen LogP contribution in [0.2, 0.25) is 0 Å². The van der Waals surface area contributed by atoms with Crippen molar-refractivity contribution in [2.24, 2.45) is 0 Å². The second-order valence-electron chi connectivity index (χ2n) is 6.39. The van der Waals surface area contributed by atoms with E-state index in [1.807, 2.05) is 13.8 Å². The van der Waals surface area contributed by atoms with E-state index in [2.05, 4.69) is 9.47 Å². The second kappa shape index (κ2) is 29.1. The van der Waals surface area contributed by atoms with Gasteiger partial charge in [-0.2, -0.15) is 0 Å². The summed E-state index contributed by atoms with van der Waals surface area (Å²) in [6.07, 6.45) is 1.06. The number of hydrogen-bond donors (Lipinski definition) is 2. The minimum absolute atomic E-state index is 0. The third-order valence-electron chi connectivity index (χ3n) is 1.72. The number of Topliss-reactive ketones (excluding diaryl/α,β-unsaturated/α-hetero) is 2. The van der Waals surface area contributed by atoms with Crippen LogP contribution in [-0.2, 0) is 50.4 Å². The minimum atomic E-state index is -0.422. The quantitative estimate of drug-likeness (QED) is 0.324. The van der Waals surface area contributed by atoms with E-state index >= 15 is 0 Å². The summed E-state index contributed by atoms with van der Waals surface area (Å²) in [4.78, 5) is 41.8. The molecule has 0 aliphatic heterocycles. The fraction of sp³-hybridized carbons (Fsp3) is 0.800. The molecular weight excluding hydrogens is 416 g/mol. The van der Waals surface area contributed by atoms with Crippen molar-refractivity contribution in [2.75, 3.05) is 13.2 Å². The number of hydrogen-bond acceptors (Lipinski definition) is 8. The predicted octanol–water partition coefficient (Wildman–Crippen LogP) is 2.61. The molecule has 8 nitrogen and oxygen atoms in total. The van der Waals surface area contributed by atoms with Crippen LogP contribution in [0.25, 0.3) is 0 Å². The summed E-state index contributed by atoms with van der Waals surface area (Å²) in [7, 11) is 0. The van der Waals surface area contributed by atoms with Crippen LogP contribution in [0.15, 0.2) is 0 Å². The van der Waals surface area contributed by atoms with Gasteiger partial charge in [-0.25, -0.2) is 0 Å². The van der Waals surface area contributed by atoms with E-state index in [1.54, 1.807) is 27.7 Å². The van der Waals surface area contributed by atoms with E-state index in [4.69, 9.17) is 10.2 Å². The first-order valence-corrected chi connectivity index (χ1v) is 9.46. The Morgan fingerprint density at radius 2 is 0.897 bits per heavy atom. The minimum Gasteiger partial charge on any atom is -0.465 e.